The van der Waals surface area contributed by atoms with Gasteiger partial charge in [-0.05, 0) is 66.2 Å². The second-order valence-electron chi connectivity index (χ2n) is 11.6. The maximum atomic E-state index is 11.1. The number of carbonyl (C=O) groups excluding carboxylic acids is 1. The number of ether oxygens (including phenoxy) is 1. The fourth-order valence-corrected chi connectivity index (χ4v) is 5.85. The molecule has 41 heavy (non-hydrogen) atoms. The molecular formula is C32H46N4O4S. The van der Waals surface area contributed by atoms with Gasteiger partial charge in [0.25, 0.3) is 0 Å². The summed E-state index contributed by atoms with van der Waals surface area (Å²) < 4.78 is 30.0. The summed E-state index contributed by atoms with van der Waals surface area (Å²) in [7, 11) is -2.94. The zero-order valence-corrected chi connectivity index (χ0v) is 26.1. The Hall–Kier alpha value is -3.04. The average Bonchev–Trinajstić information content (AvgIpc) is 3.51. The van der Waals surface area contributed by atoms with Gasteiger partial charge < -0.3 is 4.74 Å². The van der Waals surface area contributed by atoms with Crippen LogP contribution >= 0.6 is 0 Å². The highest BCUT2D eigenvalue weighted by atomic mass is 32.2. The van der Waals surface area contributed by atoms with E-state index in [4.69, 9.17) is 4.74 Å². The average molecular weight is 583 g/mol. The SMILES string of the molecule is CC(C)C(=O)OC1CCCC1.CC(C)NS(=O)(=O)C1CC1.CC(C)n1nc(-c2ccccc2)c(-c2ccccc2)n1. The maximum absolute atomic E-state index is 11.1. The van der Waals surface area contributed by atoms with Crippen LogP contribution in [0.1, 0.15) is 86.1 Å². The van der Waals surface area contributed by atoms with Crippen molar-refractivity contribution in [2.24, 2.45) is 5.92 Å². The van der Waals surface area contributed by atoms with E-state index in [0.29, 0.717) is 0 Å². The number of carbonyl (C=O) groups is 1. The standard InChI is InChI=1S/C17H17N3.C9H16O2.C6H13NO2S/c1-13(2)20-18-16(14-9-5-3-6-10-14)17(19-20)15-11-7-4-8-12-15;1-7(2)9(10)11-8-5-3-4-6-8;1-5(2)7-10(8,9)6-3-4-6/h3-13H,1-2H3;7-8H,3-6H2,1-2H3;5-7H,3-4H2,1-2H3. The lowest BCUT2D eigenvalue weighted by molar-refractivity contribution is -0.152. The predicted octanol–water partition coefficient (Wildman–Crippen LogP) is 6.80. The van der Waals surface area contributed by atoms with Gasteiger partial charge in [0.05, 0.1) is 17.2 Å². The first-order chi connectivity index (χ1) is 19.5. The molecule has 0 atom stereocenters. The third-order valence-corrected chi connectivity index (χ3v) is 8.75. The van der Waals surface area contributed by atoms with Gasteiger partial charge in [-0.25, -0.2) is 13.1 Å². The normalized spacial score (nSPS) is 15.3. The predicted molar refractivity (Wildman–Crippen MR) is 165 cm³/mol. The third-order valence-electron chi connectivity index (χ3n) is 6.61. The van der Waals surface area contributed by atoms with Crippen LogP contribution < -0.4 is 4.72 Å². The lowest BCUT2D eigenvalue weighted by Gasteiger charge is -2.12. The summed E-state index contributed by atoms with van der Waals surface area (Å²) in [6.07, 6.45) is 6.47. The van der Waals surface area contributed by atoms with Gasteiger partial charge in [0, 0.05) is 17.2 Å². The van der Waals surface area contributed by atoms with Gasteiger partial charge in [-0.3, -0.25) is 4.79 Å². The highest BCUT2D eigenvalue weighted by Crippen LogP contribution is 2.29. The molecule has 0 radical (unpaired) electrons. The molecule has 0 spiro atoms. The molecule has 1 aromatic heterocycles. The zero-order valence-electron chi connectivity index (χ0n) is 25.3. The lowest BCUT2D eigenvalue weighted by Crippen LogP contribution is -2.32. The van der Waals surface area contributed by atoms with Crippen molar-refractivity contribution >= 4 is 16.0 Å². The van der Waals surface area contributed by atoms with E-state index >= 15 is 0 Å². The third kappa shape index (κ3) is 10.4. The molecule has 224 valence electrons. The van der Waals surface area contributed by atoms with Crippen molar-refractivity contribution in [3.05, 3.63) is 60.7 Å². The van der Waals surface area contributed by atoms with Crippen LogP contribution in [0.2, 0.25) is 0 Å². The van der Waals surface area contributed by atoms with Crippen molar-refractivity contribution in [1.29, 1.82) is 0 Å². The van der Waals surface area contributed by atoms with E-state index in [2.05, 4.69) is 53.0 Å². The molecule has 8 nitrogen and oxygen atoms in total. The lowest BCUT2D eigenvalue weighted by atomic mass is 10.1. The minimum absolute atomic E-state index is 0.0237. The van der Waals surface area contributed by atoms with Gasteiger partial charge in [-0.15, -0.1) is 0 Å². The summed E-state index contributed by atoms with van der Waals surface area (Å²) in [6.45, 7) is 11.6. The quantitative estimate of drug-likeness (QED) is 0.293. The van der Waals surface area contributed by atoms with Gasteiger partial charge in [0.1, 0.15) is 17.5 Å². The minimum Gasteiger partial charge on any atom is -0.462 e. The Morgan fingerprint density at radius 3 is 1.63 bits per heavy atom. The van der Waals surface area contributed by atoms with Crippen LogP contribution in [-0.4, -0.2) is 46.8 Å². The number of esters is 1. The Morgan fingerprint density at radius 2 is 1.27 bits per heavy atom. The summed E-state index contributed by atoms with van der Waals surface area (Å²) in [5, 5.41) is 9.24. The molecule has 2 aliphatic carbocycles. The molecule has 1 N–H and O–H groups in total. The number of benzene rings is 2. The molecule has 2 saturated carbocycles. The monoisotopic (exact) mass is 582 g/mol. The fourth-order valence-electron chi connectivity index (χ4n) is 4.24. The molecule has 0 aliphatic heterocycles. The van der Waals surface area contributed by atoms with E-state index in [1.807, 2.05) is 64.1 Å². The highest BCUT2D eigenvalue weighted by molar-refractivity contribution is 7.90. The number of rotatable bonds is 8. The minimum atomic E-state index is -2.94. The van der Waals surface area contributed by atoms with Gasteiger partial charge >= 0.3 is 5.97 Å². The van der Waals surface area contributed by atoms with Gasteiger partial charge in [-0.2, -0.15) is 15.0 Å². The van der Waals surface area contributed by atoms with Crippen LogP contribution in [-0.2, 0) is 19.6 Å². The first-order valence-corrected chi connectivity index (χ1v) is 16.3. The van der Waals surface area contributed by atoms with Crippen LogP contribution in [0.5, 0.6) is 0 Å². The maximum Gasteiger partial charge on any atom is 0.308 e. The van der Waals surface area contributed by atoms with Crippen LogP contribution in [0.3, 0.4) is 0 Å². The van der Waals surface area contributed by atoms with Gasteiger partial charge in [-0.1, -0.05) is 74.5 Å². The molecule has 0 amide bonds. The fraction of sp³-hybridized carbons (Fsp3) is 0.531. The Kier molecular flexibility index (Phi) is 12.1. The van der Waals surface area contributed by atoms with Crippen LogP contribution in [0.15, 0.2) is 60.7 Å². The Morgan fingerprint density at radius 1 is 0.805 bits per heavy atom. The molecule has 2 aliphatic rings. The number of aromatic nitrogens is 3. The molecule has 0 bridgehead atoms. The highest BCUT2D eigenvalue weighted by Gasteiger charge is 2.35. The molecule has 2 fully saturated rings. The Balaban J connectivity index is 0.000000187. The van der Waals surface area contributed by atoms with E-state index in [0.717, 1.165) is 48.2 Å². The van der Waals surface area contributed by atoms with Crippen LogP contribution in [0.4, 0.5) is 0 Å². The summed E-state index contributed by atoms with van der Waals surface area (Å²) in [5.74, 6) is -0.0208. The van der Waals surface area contributed by atoms with Crippen molar-refractivity contribution < 1.29 is 17.9 Å². The molecule has 5 rings (SSSR count). The first-order valence-electron chi connectivity index (χ1n) is 14.8. The summed E-state index contributed by atoms with van der Waals surface area (Å²) in [4.78, 5) is 12.9. The van der Waals surface area contributed by atoms with E-state index in [9.17, 15) is 13.2 Å². The molecular weight excluding hydrogens is 536 g/mol. The molecule has 3 aromatic rings. The second kappa shape index (κ2) is 15.3. The van der Waals surface area contributed by atoms with Crippen molar-refractivity contribution in [3.8, 4) is 22.5 Å². The van der Waals surface area contributed by atoms with Crippen molar-refractivity contribution in [3.63, 3.8) is 0 Å². The first kappa shape index (κ1) is 32.5. The van der Waals surface area contributed by atoms with Crippen molar-refractivity contribution in [2.75, 3.05) is 0 Å². The van der Waals surface area contributed by atoms with E-state index in [-0.39, 0.29) is 35.3 Å². The second-order valence-corrected chi connectivity index (χ2v) is 13.6. The van der Waals surface area contributed by atoms with Crippen LogP contribution in [0, 0.1) is 5.92 Å². The molecule has 0 unspecified atom stereocenters. The number of hydrogen-bond acceptors (Lipinski definition) is 6. The Labute approximate surface area is 245 Å². The van der Waals surface area contributed by atoms with Crippen molar-refractivity contribution in [1.82, 2.24) is 19.7 Å². The summed E-state index contributed by atoms with van der Waals surface area (Å²) >= 11 is 0. The topological polar surface area (TPSA) is 103 Å². The smallest absolute Gasteiger partial charge is 0.308 e. The van der Waals surface area contributed by atoms with E-state index in [1.54, 1.807) is 4.80 Å². The molecule has 9 heteroatoms. The van der Waals surface area contributed by atoms with Gasteiger partial charge in [0.2, 0.25) is 10.0 Å². The number of sulfonamides is 1. The number of nitrogens with one attached hydrogen (secondary N) is 1. The van der Waals surface area contributed by atoms with E-state index in [1.165, 1.54) is 12.8 Å². The summed E-state index contributed by atoms with van der Waals surface area (Å²) in [6, 6.07) is 20.7. The molecule has 0 saturated heterocycles. The van der Waals surface area contributed by atoms with Crippen molar-refractivity contribution in [2.45, 2.75) is 104 Å². The van der Waals surface area contributed by atoms with Crippen LogP contribution in [0.25, 0.3) is 22.5 Å². The largest absolute Gasteiger partial charge is 0.462 e. The number of hydrogen-bond donors (Lipinski definition) is 1. The molecule has 2 aromatic carbocycles. The number of nitrogens with zero attached hydrogens (tertiary/aromatic N) is 3. The zero-order chi connectivity index (χ0) is 30.0. The molecule has 1 heterocycles. The van der Waals surface area contributed by atoms with E-state index < -0.39 is 10.0 Å². The summed E-state index contributed by atoms with van der Waals surface area (Å²) in [5.41, 5.74) is 4.06. The van der Waals surface area contributed by atoms with Gasteiger partial charge in [0.15, 0.2) is 0 Å². The Bertz CT molecular complexity index is 1260.